The summed E-state index contributed by atoms with van der Waals surface area (Å²) in [5.74, 6) is 1.26. The first-order valence-corrected chi connectivity index (χ1v) is 8.25. The zero-order valence-electron chi connectivity index (χ0n) is 13.6. The number of aromatic nitrogens is 2. The Morgan fingerprint density at radius 3 is 2.78 bits per heavy atom. The summed E-state index contributed by atoms with van der Waals surface area (Å²) in [4.78, 5) is 12.5. The Morgan fingerprint density at radius 1 is 1.43 bits per heavy atom. The second kappa shape index (κ2) is 8.13. The first kappa shape index (κ1) is 18.2. The van der Waals surface area contributed by atoms with Crippen molar-refractivity contribution in [3.8, 4) is 0 Å². The molecule has 2 aliphatic carbocycles. The topological polar surface area (TPSA) is 82.2 Å². The van der Waals surface area contributed by atoms with Crippen molar-refractivity contribution in [2.45, 2.75) is 44.7 Å². The highest BCUT2D eigenvalue weighted by Crippen LogP contribution is 2.42. The van der Waals surface area contributed by atoms with Crippen molar-refractivity contribution in [2.24, 2.45) is 23.5 Å². The van der Waals surface area contributed by atoms with Crippen LogP contribution >= 0.6 is 12.4 Å². The van der Waals surface area contributed by atoms with Crippen LogP contribution in [0.2, 0.25) is 0 Å². The minimum Gasteiger partial charge on any atom is -0.383 e. The Kier molecular flexibility index (Phi) is 6.44. The number of hydrogen-bond acceptors (Lipinski definition) is 4. The fourth-order valence-electron chi connectivity index (χ4n) is 3.98. The molecule has 23 heavy (non-hydrogen) atoms. The Balaban J connectivity index is 0.00000192. The number of hydrogen-bond donors (Lipinski definition) is 2. The Labute approximate surface area is 143 Å². The van der Waals surface area contributed by atoms with Gasteiger partial charge in [0, 0.05) is 25.3 Å². The molecule has 0 aliphatic heterocycles. The maximum Gasteiger partial charge on any atom is 0.227 e. The van der Waals surface area contributed by atoms with Crippen molar-refractivity contribution >= 4 is 24.0 Å². The number of fused-ring (bicyclic) bond motifs is 2. The predicted octanol–water partition coefficient (Wildman–Crippen LogP) is 2.04. The van der Waals surface area contributed by atoms with Crippen molar-refractivity contribution in [3.63, 3.8) is 0 Å². The fraction of sp³-hybridized carbons (Fsp3) is 0.750. The molecule has 3 rings (SSSR count). The van der Waals surface area contributed by atoms with Gasteiger partial charge in [0.1, 0.15) is 0 Å². The third kappa shape index (κ3) is 4.25. The molecule has 1 amide bonds. The Hall–Kier alpha value is -1.11. The summed E-state index contributed by atoms with van der Waals surface area (Å²) >= 11 is 0. The molecule has 3 N–H and O–H groups in total. The van der Waals surface area contributed by atoms with E-state index in [0.29, 0.717) is 31.0 Å². The lowest BCUT2D eigenvalue weighted by atomic mass is 9.65. The highest BCUT2D eigenvalue weighted by Gasteiger charge is 2.40. The van der Waals surface area contributed by atoms with Crippen LogP contribution in [0.15, 0.2) is 12.4 Å². The van der Waals surface area contributed by atoms with Gasteiger partial charge in [-0.3, -0.25) is 9.48 Å². The second-order valence-corrected chi connectivity index (χ2v) is 6.67. The average molecular weight is 343 g/mol. The Morgan fingerprint density at radius 2 is 2.13 bits per heavy atom. The number of amides is 1. The third-order valence-electron chi connectivity index (χ3n) is 5.21. The lowest BCUT2D eigenvalue weighted by molar-refractivity contribution is -0.122. The monoisotopic (exact) mass is 342 g/mol. The van der Waals surface area contributed by atoms with Crippen LogP contribution in [0, 0.1) is 17.8 Å². The van der Waals surface area contributed by atoms with E-state index in [1.807, 2.05) is 6.20 Å². The van der Waals surface area contributed by atoms with Gasteiger partial charge in [-0.25, -0.2) is 0 Å². The number of rotatable bonds is 5. The van der Waals surface area contributed by atoms with Gasteiger partial charge in [0.05, 0.1) is 25.0 Å². The number of halogens is 1. The van der Waals surface area contributed by atoms with Crippen molar-refractivity contribution in [2.75, 3.05) is 19.0 Å². The van der Waals surface area contributed by atoms with Crippen LogP contribution in [0.4, 0.5) is 5.69 Å². The molecule has 2 aliphatic rings. The summed E-state index contributed by atoms with van der Waals surface area (Å²) in [6.45, 7) is 1.30. The summed E-state index contributed by atoms with van der Waals surface area (Å²) in [5, 5.41) is 7.23. The normalized spacial score (nSPS) is 29.7. The Bertz CT molecular complexity index is 508. The summed E-state index contributed by atoms with van der Waals surface area (Å²) < 4.78 is 6.81. The van der Waals surface area contributed by atoms with Gasteiger partial charge < -0.3 is 15.8 Å². The molecule has 6 nitrogen and oxygen atoms in total. The summed E-state index contributed by atoms with van der Waals surface area (Å²) in [5.41, 5.74) is 7.06. The van der Waals surface area contributed by atoms with Gasteiger partial charge in [0.2, 0.25) is 5.91 Å². The fourth-order valence-corrected chi connectivity index (χ4v) is 3.98. The van der Waals surface area contributed by atoms with Crippen molar-refractivity contribution in [1.82, 2.24) is 9.78 Å². The number of nitrogens with two attached hydrogens (primary N) is 1. The maximum absolute atomic E-state index is 12.5. The van der Waals surface area contributed by atoms with E-state index in [1.54, 1.807) is 18.0 Å². The number of ether oxygens (including phenoxy) is 1. The molecule has 0 radical (unpaired) electrons. The van der Waals surface area contributed by atoms with E-state index in [9.17, 15) is 4.79 Å². The van der Waals surface area contributed by atoms with Crippen LogP contribution in [-0.2, 0) is 16.1 Å². The van der Waals surface area contributed by atoms with Gasteiger partial charge in [-0.2, -0.15) is 5.10 Å². The van der Waals surface area contributed by atoms with E-state index in [4.69, 9.17) is 10.5 Å². The maximum atomic E-state index is 12.5. The molecular formula is C16H27ClN4O2. The molecule has 2 unspecified atom stereocenters. The summed E-state index contributed by atoms with van der Waals surface area (Å²) in [7, 11) is 1.66. The molecule has 1 aromatic heterocycles. The van der Waals surface area contributed by atoms with Crippen molar-refractivity contribution < 1.29 is 9.53 Å². The molecule has 2 saturated carbocycles. The standard InChI is InChI=1S/C16H26N4O2.ClH/c1-22-6-5-20-10-14(9-18-20)19-16(21)13-7-11-3-2-4-12(8-13)15(11)17;/h9-13,15H,2-8,17H2,1H3,(H,19,21);1H. The van der Waals surface area contributed by atoms with E-state index < -0.39 is 0 Å². The number of carbonyl (C=O) groups is 1. The number of nitrogens with zero attached hydrogens (tertiary/aromatic N) is 2. The first-order valence-electron chi connectivity index (χ1n) is 8.25. The van der Waals surface area contributed by atoms with Gasteiger partial charge in [-0.1, -0.05) is 6.42 Å². The van der Waals surface area contributed by atoms with Gasteiger partial charge >= 0.3 is 0 Å². The van der Waals surface area contributed by atoms with E-state index >= 15 is 0 Å². The summed E-state index contributed by atoms with van der Waals surface area (Å²) in [6, 6.07) is 0.301. The smallest absolute Gasteiger partial charge is 0.227 e. The van der Waals surface area contributed by atoms with Crippen molar-refractivity contribution in [3.05, 3.63) is 12.4 Å². The zero-order chi connectivity index (χ0) is 15.5. The van der Waals surface area contributed by atoms with E-state index in [0.717, 1.165) is 18.5 Å². The zero-order valence-corrected chi connectivity index (χ0v) is 14.4. The van der Waals surface area contributed by atoms with Crippen LogP contribution in [0.5, 0.6) is 0 Å². The SMILES string of the molecule is COCCn1cc(NC(=O)C2CC3CCCC(C2)C3N)cn1.Cl. The quantitative estimate of drug-likeness (QED) is 0.858. The van der Waals surface area contributed by atoms with Crippen molar-refractivity contribution in [1.29, 1.82) is 0 Å². The van der Waals surface area contributed by atoms with Gasteiger partial charge in [-0.15, -0.1) is 12.4 Å². The predicted molar refractivity (Wildman–Crippen MR) is 91.5 cm³/mol. The van der Waals surface area contributed by atoms with E-state index in [2.05, 4.69) is 10.4 Å². The lowest BCUT2D eigenvalue weighted by Gasteiger charge is -2.43. The largest absolute Gasteiger partial charge is 0.383 e. The lowest BCUT2D eigenvalue weighted by Crippen LogP contribution is -2.48. The number of carbonyl (C=O) groups excluding carboxylic acids is 1. The average Bonchev–Trinajstić information content (AvgIpc) is 2.92. The minimum atomic E-state index is 0. The highest BCUT2D eigenvalue weighted by molar-refractivity contribution is 5.92. The molecule has 1 aromatic rings. The molecule has 0 saturated heterocycles. The molecule has 2 atom stereocenters. The van der Waals surface area contributed by atoms with E-state index in [-0.39, 0.29) is 24.2 Å². The minimum absolute atomic E-state index is 0. The molecule has 0 aromatic carbocycles. The molecule has 2 fully saturated rings. The van der Waals surface area contributed by atoms with E-state index in [1.165, 1.54) is 19.3 Å². The van der Waals surface area contributed by atoms with Gasteiger partial charge in [0.25, 0.3) is 0 Å². The molecule has 2 bridgehead atoms. The molecule has 130 valence electrons. The first-order chi connectivity index (χ1) is 10.7. The molecule has 0 spiro atoms. The van der Waals surface area contributed by atoms with Gasteiger partial charge in [-0.05, 0) is 37.5 Å². The molecule has 7 heteroatoms. The number of methoxy groups -OCH3 is 1. The van der Waals surface area contributed by atoms with Crippen LogP contribution < -0.4 is 11.1 Å². The number of nitrogens with one attached hydrogen (secondary N) is 1. The van der Waals surface area contributed by atoms with Crippen LogP contribution in [0.25, 0.3) is 0 Å². The van der Waals surface area contributed by atoms with Crippen LogP contribution in [0.1, 0.15) is 32.1 Å². The third-order valence-corrected chi connectivity index (χ3v) is 5.21. The molecule has 1 heterocycles. The van der Waals surface area contributed by atoms with Gasteiger partial charge in [0.15, 0.2) is 0 Å². The number of anilines is 1. The van der Waals surface area contributed by atoms with Crippen LogP contribution in [-0.4, -0.2) is 35.4 Å². The summed E-state index contributed by atoms with van der Waals surface area (Å²) in [6.07, 6.45) is 9.04. The highest BCUT2D eigenvalue weighted by atomic mass is 35.5. The van der Waals surface area contributed by atoms with Crippen LogP contribution in [0.3, 0.4) is 0 Å². The second-order valence-electron chi connectivity index (χ2n) is 6.67. The molecular weight excluding hydrogens is 316 g/mol.